The minimum Gasteiger partial charge on any atom is -0.490 e. The van der Waals surface area contributed by atoms with Crippen LogP contribution in [0.25, 0.3) is 0 Å². The molecule has 8 rings (SSSR count). The lowest BCUT2D eigenvalue weighted by Crippen LogP contribution is -2.41. The Morgan fingerprint density at radius 1 is 0.791 bits per heavy atom. The first kappa shape index (κ1) is 26.6. The number of carbonyl (C=O) groups excluding carboxylic acids is 2. The molecule has 0 spiro atoms. The Kier molecular flexibility index (Phi) is 6.50. The summed E-state index contributed by atoms with van der Waals surface area (Å²) in [7, 11) is 0. The summed E-state index contributed by atoms with van der Waals surface area (Å²) >= 11 is 0. The van der Waals surface area contributed by atoms with Crippen LogP contribution >= 0.6 is 0 Å². The first-order valence-corrected chi connectivity index (χ1v) is 14.2. The highest BCUT2D eigenvalue weighted by molar-refractivity contribution is 6.08. The average Bonchev–Trinajstić information content (AvgIpc) is 3.29. The molecule has 0 saturated carbocycles. The maximum atomic E-state index is 13.8. The average molecular weight is 574 g/mol. The topological polar surface area (TPSA) is 111 Å². The number of hydrogen-bond donors (Lipinski definition) is 0. The molecule has 9 nitrogen and oxygen atoms in total. The maximum absolute atomic E-state index is 13.8. The van der Waals surface area contributed by atoms with Gasteiger partial charge in [-0.05, 0) is 70.6 Å². The summed E-state index contributed by atoms with van der Waals surface area (Å²) < 4.78 is 11.7. The highest BCUT2D eigenvalue weighted by Gasteiger charge is 2.61. The zero-order valence-corrected chi connectivity index (χ0v) is 23.3. The van der Waals surface area contributed by atoms with E-state index in [9.17, 15) is 19.7 Å². The molecule has 2 amide bonds. The lowest BCUT2D eigenvalue weighted by atomic mass is 9.55. The third-order valence-electron chi connectivity index (χ3n) is 8.56. The molecule has 1 fully saturated rings. The predicted octanol–water partition coefficient (Wildman–Crippen LogP) is 5.80. The summed E-state index contributed by atoms with van der Waals surface area (Å²) in [6.45, 7) is 2.44. The van der Waals surface area contributed by atoms with Crippen LogP contribution < -0.4 is 9.47 Å². The highest BCUT2D eigenvalue weighted by Crippen LogP contribution is 2.61. The molecule has 4 aliphatic rings. The van der Waals surface area contributed by atoms with E-state index in [2.05, 4.69) is 29.4 Å². The zero-order chi connectivity index (χ0) is 29.7. The molecule has 1 heterocycles. The molecule has 0 radical (unpaired) electrons. The fourth-order valence-corrected chi connectivity index (χ4v) is 6.77. The van der Waals surface area contributed by atoms with Crippen molar-refractivity contribution >= 4 is 23.7 Å². The fraction of sp³-hybridized carbons (Fsp3) is 0.206. The summed E-state index contributed by atoms with van der Waals surface area (Å²) in [5.41, 5.74) is 5.88. The summed E-state index contributed by atoms with van der Waals surface area (Å²) in [5, 5.41) is 16.4. The second kappa shape index (κ2) is 10.5. The molecule has 1 saturated heterocycles. The van der Waals surface area contributed by atoms with Crippen molar-refractivity contribution in [2.24, 2.45) is 16.9 Å². The van der Waals surface area contributed by atoms with Crippen LogP contribution in [-0.4, -0.2) is 34.6 Å². The summed E-state index contributed by atoms with van der Waals surface area (Å²) in [4.78, 5) is 38.0. The normalized spacial score (nSPS) is 21.5. The Morgan fingerprint density at radius 3 is 1.86 bits per heavy atom. The summed E-state index contributed by atoms with van der Waals surface area (Å²) in [6, 6.07) is 27.6. The number of amides is 2. The number of hydrazone groups is 1. The lowest BCUT2D eigenvalue weighted by molar-refractivity contribution is -0.384. The third kappa shape index (κ3) is 4.35. The molecule has 2 atom stereocenters. The maximum Gasteiger partial charge on any atom is 0.269 e. The fourth-order valence-electron chi connectivity index (χ4n) is 6.77. The molecule has 0 aromatic heterocycles. The Bertz CT molecular complexity index is 1680. The standard InChI is InChI=1S/C34H27N3O6/c1-2-42-28-17-21(13-16-27(28)43-19-20-11-14-22(15-12-20)37(40)41)18-35-36-33(38)31-29-23-7-3-4-8-24(23)30(32(31)34(36)39)26-10-6-5-9-25(26)29/h3-18,29-32H,2,19H2,1H3/b35-18-/t29?,30?,31-,32+. The van der Waals surface area contributed by atoms with Gasteiger partial charge in [0.1, 0.15) is 6.61 Å². The second-order valence-corrected chi connectivity index (χ2v) is 10.8. The van der Waals surface area contributed by atoms with E-state index in [-0.39, 0.29) is 35.9 Å². The van der Waals surface area contributed by atoms with Gasteiger partial charge in [-0.15, -0.1) is 0 Å². The summed E-state index contributed by atoms with van der Waals surface area (Å²) in [6.07, 6.45) is 1.50. The first-order chi connectivity index (χ1) is 21.0. The Balaban J connectivity index is 1.13. The van der Waals surface area contributed by atoms with E-state index in [1.165, 1.54) is 18.3 Å². The molecule has 43 heavy (non-hydrogen) atoms. The van der Waals surface area contributed by atoms with Crippen LogP contribution in [0.15, 0.2) is 96.1 Å². The monoisotopic (exact) mass is 573 g/mol. The van der Waals surface area contributed by atoms with E-state index >= 15 is 0 Å². The molecule has 9 heteroatoms. The van der Waals surface area contributed by atoms with Gasteiger partial charge in [0.2, 0.25) is 0 Å². The lowest BCUT2D eigenvalue weighted by Gasteiger charge is -2.45. The van der Waals surface area contributed by atoms with Gasteiger partial charge in [-0.3, -0.25) is 19.7 Å². The minimum absolute atomic E-state index is 0.0124. The van der Waals surface area contributed by atoms with Crippen LogP contribution in [-0.2, 0) is 16.2 Å². The Hall–Kier alpha value is -5.31. The number of carbonyl (C=O) groups is 2. The van der Waals surface area contributed by atoms with E-state index in [1.807, 2.05) is 31.2 Å². The van der Waals surface area contributed by atoms with Gasteiger partial charge >= 0.3 is 0 Å². The molecule has 3 aliphatic carbocycles. The summed E-state index contributed by atoms with van der Waals surface area (Å²) in [5.74, 6) is -0.945. The number of rotatable bonds is 8. The molecule has 0 unspecified atom stereocenters. The van der Waals surface area contributed by atoms with Gasteiger partial charge in [0, 0.05) is 24.0 Å². The van der Waals surface area contributed by atoms with Crippen molar-refractivity contribution in [3.05, 3.63) is 134 Å². The van der Waals surface area contributed by atoms with Gasteiger partial charge in [0.25, 0.3) is 17.5 Å². The predicted molar refractivity (Wildman–Crippen MR) is 158 cm³/mol. The molecule has 0 N–H and O–H groups in total. The SMILES string of the molecule is CCOc1cc(/C=N\N2C(=O)[C@@H]3C4c5ccccc5C(c5ccccc54)[C@@H]3C2=O)ccc1OCc1ccc([N+](=O)[O-])cc1. The molecule has 4 aromatic carbocycles. The van der Waals surface area contributed by atoms with E-state index in [0.717, 1.165) is 32.8 Å². The van der Waals surface area contributed by atoms with Gasteiger partial charge in [-0.1, -0.05) is 48.5 Å². The largest absolute Gasteiger partial charge is 0.490 e. The van der Waals surface area contributed by atoms with E-state index < -0.39 is 16.8 Å². The van der Waals surface area contributed by atoms with E-state index in [0.29, 0.717) is 23.7 Å². The molecule has 214 valence electrons. The first-order valence-electron chi connectivity index (χ1n) is 14.2. The van der Waals surface area contributed by atoms with Crippen molar-refractivity contribution < 1.29 is 24.0 Å². The number of nitro groups is 1. The number of benzene rings is 4. The molecule has 4 aromatic rings. The number of ether oxygens (including phenoxy) is 2. The zero-order valence-electron chi connectivity index (χ0n) is 23.3. The van der Waals surface area contributed by atoms with Crippen molar-refractivity contribution in [2.45, 2.75) is 25.4 Å². The van der Waals surface area contributed by atoms with Gasteiger partial charge in [0.05, 0.1) is 29.6 Å². The van der Waals surface area contributed by atoms with Crippen molar-refractivity contribution in [1.29, 1.82) is 0 Å². The number of imide groups is 1. The number of non-ortho nitro benzene ring substituents is 1. The van der Waals surface area contributed by atoms with Crippen LogP contribution in [0, 0.1) is 22.0 Å². The van der Waals surface area contributed by atoms with Crippen LogP contribution in [0.3, 0.4) is 0 Å². The van der Waals surface area contributed by atoms with Gasteiger partial charge in [-0.2, -0.15) is 10.1 Å². The quantitative estimate of drug-likeness (QED) is 0.114. The molecular formula is C34H27N3O6. The van der Waals surface area contributed by atoms with Crippen molar-refractivity contribution in [3.8, 4) is 11.5 Å². The number of nitrogens with zero attached hydrogens (tertiary/aromatic N) is 3. The number of hydrogen-bond acceptors (Lipinski definition) is 7. The Morgan fingerprint density at radius 2 is 1.35 bits per heavy atom. The van der Waals surface area contributed by atoms with Crippen molar-refractivity contribution in [1.82, 2.24) is 5.01 Å². The van der Waals surface area contributed by atoms with Crippen LogP contribution in [0.5, 0.6) is 11.5 Å². The van der Waals surface area contributed by atoms with Gasteiger partial charge < -0.3 is 9.47 Å². The highest BCUT2D eigenvalue weighted by atomic mass is 16.6. The van der Waals surface area contributed by atoms with Crippen LogP contribution in [0.1, 0.15) is 52.1 Å². The van der Waals surface area contributed by atoms with Crippen molar-refractivity contribution in [3.63, 3.8) is 0 Å². The van der Waals surface area contributed by atoms with E-state index in [4.69, 9.17) is 9.47 Å². The van der Waals surface area contributed by atoms with E-state index in [1.54, 1.807) is 30.3 Å². The number of nitro benzene ring substituents is 1. The third-order valence-corrected chi connectivity index (χ3v) is 8.56. The van der Waals surface area contributed by atoms with Gasteiger partial charge in [0.15, 0.2) is 11.5 Å². The van der Waals surface area contributed by atoms with Crippen molar-refractivity contribution in [2.75, 3.05) is 6.61 Å². The molecular weight excluding hydrogens is 546 g/mol. The Labute approximate surface area is 247 Å². The van der Waals surface area contributed by atoms with Crippen LogP contribution in [0.2, 0.25) is 0 Å². The molecule has 1 aliphatic heterocycles. The minimum atomic E-state index is -0.492. The van der Waals surface area contributed by atoms with Gasteiger partial charge in [-0.25, -0.2) is 0 Å². The second-order valence-electron chi connectivity index (χ2n) is 10.8. The smallest absolute Gasteiger partial charge is 0.269 e. The van der Waals surface area contributed by atoms with Crippen LogP contribution in [0.4, 0.5) is 5.69 Å². The molecule has 2 bridgehead atoms.